The van der Waals surface area contributed by atoms with E-state index in [1.165, 1.54) is 24.8 Å². The highest BCUT2D eigenvalue weighted by atomic mass is 15.2. The van der Waals surface area contributed by atoms with Gasteiger partial charge in [-0.3, -0.25) is 9.88 Å². The lowest BCUT2D eigenvalue weighted by molar-refractivity contribution is 0.233. The van der Waals surface area contributed by atoms with E-state index in [1.54, 1.807) is 6.33 Å². The van der Waals surface area contributed by atoms with Crippen molar-refractivity contribution in [2.24, 2.45) is 0 Å². The molecule has 8 nitrogen and oxygen atoms in total. The van der Waals surface area contributed by atoms with Crippen molar-refractivity contribution in [3.8, 4) is 11.3 Å². The average Bonchev–Trinajstić information content (AvgIpc) is 3.31. The van der Waals surface area contributed by atoms with Gasteiger partial charge in [-0.2, -0.15) is 0 Å². The molecular weight excluding hydrogens is 436 g/mol. The summed E-state index contributed by atoms with van der Waals surface area (Å²) in [7, 11) is 0. The van der Waals surface area contributed by atoms with E-state index >= 15 is 0 Å². The van der Waals surface area contributed by atoms with E-state index in [0.717, 1.165) is 85.4 Å². The molecule has 2 aliphatic heterocycles. The van der Waals surface area contributed by atoms with Gasteiger partial charge in [0.1, 0.15) is 18.0 Å². The molecule has 0 spiro atoms. The number of imidazole rings is 1. The molecule has 0 saturated carbocycles. The molecular formula is C27H32N8. The first kappa shape index (κ1) is 22.1. The molecule has 2 saturated heterocycles. The maximum atomic E-state index is 4.82. The standard InChI is InChI=1S/C27H32N8/c1-2-10-35(11-3-1)27-17-24(30-19-31-27)21-4-5-23-25(15-21)33-26(32-23)16-22-14-20(6-7-29-22)18-34-12-8-28-9-13-34/h4-7,14-15,17,19,28H,1-3,8-13,16,18H2,(H,32,33). The van der Waals surface area contributed by atoms with Crippen molar-refractivity contribution < 1.29 is 0 Å². The van der Waals surface area contributed by atoms with Crippen LogP contribution in [-0.4, -0.2) is 69.1 Å². The quantitative estimate of drug-likeness (QED) is 0.449. The summed E-state index contributed by atoms with van der Waals surface area (Å²) in [6, 6.07) is 12.8. The molecule has 0 radical (unpaired) electrons. The monoisotopic (exact) mass is 468 g/mol. The number of nitrogens with one attached hydrogen (secondary N) is 2. The number of fused-ring (bicyclic) bond motifs is 1. The highest BCUT2D eigenvalue weighted by Gasteiger charge is 2.14. The number of piperidine rings is 1. The van der Waals surface area contributed by atoms with Crippen LogP contribution in [-0.2, 0) is 13.0 Å². The summed E-state index contributed by atoms with van der Waals surface area (Å²) in [4.78, 5) is 26.9. The van der Waals surface area contributed by atoms with E-state index in [9.17, 15) is 0 Å². The van der Waals surface area contributed by atoms with Crippen molar-refractivity contribution in [1.82, 2.24) is 35.1 Å². The number of aromatic nitrogens is 5. The molecule has 0 unspecified atom stereocenters. The van der Waals surface area contributed by atoms with Gasteiger partial charge < -0.3 is 15.2 Å². The van der Waals surface area contributed by atoms with Crippen LogP contribution in [0.2, 0.25) is 0 Å². The fourth-order valence-electron chi connectivity index (χ4n) is 5.13. The van der Waals surface area contributed by atoms with Gasteiger partial charge in [0.15, 0.2) is 0 Å². The lowest BCUT2D eigenvalue weighted by Gasteiger charge is -2.27. The summed E-state index contributed by atoms with van der Waals surface area (Å²) in [5.74, 6) is 1.95. The molecule has 0 amide bonds. The van der Waals surface area contributed by atoms with Crippen molar-refractivity contribution in [2.45, 2.75) is 32.2 Å². The number of piperazine rings is 1. The van der Waals surface area contributed by atoms with Crippen LogP contribution in [0.5, 0.6) is 0 Å². The lowest BCUT2D eigenvalue weighted by Crippen LogP contribution is -2.42. The zero-order valence-corrected chi connectivity index (χ0v) is 20.1. The molecule has 0 atom stereocenters. The van der Waals surface area contributed by atoms with Crippen molar-refractivity contribution in [3.05, 3.63) is 66.0 Å². The number of rotatable bonds is 6. The SMILES string of the molecule is c1cc(CN2CCNCC2)cc(Cc2nc3ccc(-c4cc(N5CCCCC5)ncn4)cc3[nH]2)n1. The molecule has 4 aromatic rings. The van der Waals surface area contributed by atoms with E-state index < -0.39 is 0 Å². The first-order valence-electron chi connectivity index (χ1n) is 12.7. The fraction of sp³-hybridized carbons (Fsp3) is 0.407. The third kappa shape index (κ3) is 5.18. The Hall–Kier alpha value is -3.36. The highest BCUT2D eigenvalue weighted by molar-refractivity contribution is 5.81. The molecule has 2 aliphatic rings. The van der Waals surface area contributed by atoms with E-state index in [1.807, 2.05) is 6.20 Å². The molecule has 3 aromatic heterocycles. The second-order valence-corrected chi connectivity index (χ2v) is 9.58. The van der Waals surface area contributed by atoms with Crippen LogP contribution >= 0.6 is 0 Å². The van der Waals surface area contributed by atoms with Gasteiger partial charge in [0.05, 0.1) is 16.7 Å². The number of nitrogens with zero attached hydrogens (tertiary/aromatic N) is 6. The first-order valence-corrected chi connectivity index (χ1v) is 12.7. The molecule has 5 heterocycles. The Morgan fingerprint density at radius 2 is 1.74 bits per heavy atom. The first-order chi connectivity index (χ1) is 17.3. The fourth-order valence-corrected chi connectivity index (χ4v) is 5.13. The lowest BCUT2D eigenvalue weighted by atomic mass is 10.1. The number of hydrogen-bond donors (Lipinski definition) is 2. The largest absolute Gasteiger partial charge is 0.357 e. The number of hydrogen-bond acceptors (Lipinski definition) is 7. The van der Waals surface area contributed by atoms with Crippen LogP contribution in [0.1, 0.15) is 36.3 Å². The molecule has 1 aromatic carbocycles. The van der Waals surface area contributed by atoms with E-state index in [-0.39, 0.29) is 0 Å². The zero-order chi connectivity index (χ0) is 23.5. The van der Waals surface area contributed by atoms with E-state index in [0.29, 0.717) is 6.42 Å². The molecule has 0 aliphatic carbocycles. The van der Waals surface area contributed by atoms with Crippen LogP contribution in [0.15, 0.2) is 48.9 Å². The summed E-state index contributed by atoms with van der Waals surface area (Å²) in [5, 5.41) is 3.41. The molecule has 8 heteroatoms. The Bertz CT molecular complexity index is 1290. The van der Waals surface area contributed by atoms with Crippen LogP contribution in [0, 0.1) is 0 Å². The van der Waals surface area contributed by atoms with E-state index in [4.69, 9.17) is 4.98 Å². The Labute approximate surface area is 205 Å². The number of anilines is 1. The predicted molar refractivity (Wildman–Crippen MR) is 138 cm³/mol. The third-order valence-electron chi connectivity index (χ3n) is 7.00. The van der Waals surface area contributed by atoms with Gasteiger partial charge in [0, 0.05) is 75.8 Å². The third-order valence-corrected chi connectivity index (χ3v) is 7.00. The van der Waals surface area contributed by atoms with Gasteiger partial charge in [-0.05, 0) is 49.1 Å². The molecule has 35 heavy (non-hydrogen) atoms. The Morgan fingerprint density at radius 3 is 2.63 bits per heavy atom. The number of pyridine rings is 1. The number of aromatic amines is 1. The van der Waals surface area contributed by atoms with Crippen molar-refractivity contribution in [2.75, 3.05) is 44.2 Å². The van der Waals surface area contributed by atoms with Gasteiger partial charge in [-0.25, -0.2) is 15.0 Å². The second-order valence-electron chi connectivity index (χ2n) is 9.58. The van der Waals surface area contributed by atoms with Crippen LogP contribution in [0.4, 0.5) is 5.82 Å². The van der Waals surface area contributed by atoms with Crippen molar-refractivity contribution >= 4 is 16.9 Å². The molecule has 2 N–H and O–H groups in total. The zero-order valence-electron chi connectivity index (χ0n) is 20.1. The van der Waals surface area contributed by atoms with Gasteiger partial charge in [-0.15, -0.1) is 0 Å². The van der Waals surface area contributed by atoms with Gasteiger partial charge in [0.25, 0.3) is 0 Å². The normalized spacial score (nSPS) is 17.2. The summed E-state index contributed by atoms with van der Waals surface area (Å²) >= 11 is 0. The molecule has 0 bridgehead atoms. The van der Waals surface area contributed by atoms with Gasteiger partial charge in [0.2, 0.25) is 0 Å². The predicted octanol–water partition coefficient (Wildman–Crippen LogP) is 3.40. The highest BCUT2D eigenvalue weighted by Crippen LogP contribution is 2.26. The van der Waals surface area contributed by atoms with Crippen molar-refractivity contribution in [3.63, 3.8) is 0 Å². The Morgan fingerprint density at radius 1 is 0.857 bits per heavy atom. The van der Waals surface area contributed by atoms with Crippen LogP contribution < -0.4 is 10.2 Å². The average molecular weight is 469 g/mol. The smallest absolute Gasteiger partial charge is 0.132 e. The minimum Gasteiger partial charge on any atom is -0.357 e. The number of benzene rings is 1. The van der Waals surface area contributed by atoms with Crippen LogP contribution in [0.25, 0.3) is 22.3 Å². The number of H-pyrrole nitrogens is 1. The molecule has 180 valence electrons. The Balaban J connectivity index is 1.19. The minimum absolute atomic E-state index is 0.687. The molecule has 2 fully saturated rings. The van der Waals surface area contributed by atoms with E-state index in [2.05, 4.69) is 71.5 Å². The summed E-state index contributed by atoms with van der Waals surface area (Å²) in [5.41, 5.74) is 6.35. The topological polar surface area (TPSA) is 85.9 Å². The van der Waals surface area contributed by atoms with Crippen molar-refractivity contribution in [1.29, 1.82) is 0 Å². The maximum Gasteiger partial charge on any atom is 0.132 e. The minimum atomic E-state index is 0.687. The maximum absolute atomic E-state index is 4.82. The second kappa shape index (κ2) is 10.1. The summed E-state index contributed by atoms with van der Waals surface area (Å²) < 4.78 is 0. The summed E-state index contributed by atoms with van der Waals surface area (Å²) in [6.45, 7) is 7.43. The van der Waals surface area contributed by atoms with Gasteiger partial charge in [-0.1, -0.05) is 6.07 Å². The Kier molecular flexibility index (Phi) is 6.38. The van der Waals surface area contributed by atoms with Gasteiger partial charge >= 0.3 is 0 Å². The summed E-state index contributed by atoms with van der Waals surface area (Å²) in [6.07, 6.45) is 8.06. The molecule has 6 rings (SSSR count). The van der Waals surface area contributed by atoms with Crippen LogP contribution in [0.3, 0.4) is 0 Å².